The van der Waals surface area contributed by atoms with Gasteiger partial charge in [0, 0.05) is 4.47 Å². The third-order valence-corrected chi connectivity index (χ3v) is 2.12. The topological polar surface area (TPSA) is 35.2 Å². The molecule has 0 aliphatic carbocycles. The van der Waals surface area contributed by atoms with Gasteiger partial charge in [-0.2, -0.15) is 0 Å². The van der Waals surface area contributed by atoms with Gasteiger partial charge in [-0.1, -0.05) is 0 Å². The number of rotatable bonds is 1. The van der Waals surface area contributed by atoms with Crippen LogP contribution in [0.25, 0.3) is 0 Å². The van der Waals surface area contributed by atoms with Crippen molar-refractivity contribution in [3.05, 3.63) is 22.2 Å². The number of halogens is 4. The predicted molar refractivity (Wildman–Crippen MR) is 50.0 cm³/mol. The van der Waals surface area contributed by atoms with Gasteiger partial charge in [-0.05, 0) is 40.5 Å². The molecule has 0 aliphatic heterocycles. The van der Waals surface area contributed by atoms with Crippen LogP contribution >= 0.6 is 15.9 Å². The van der Waals surface area contributed by atoms with Gasteiger partial charge in [-0.25, -0.2) is 0 Å². The number of nitrogen functional groups attached to an aromatic ring is 1. The van der Waals surface area contributed by atoms with E-state index >= 15 is 0 Å². The van der Waals surface area contributed by atoms with Gasteiger partial charge in [0.15, 0.2) is 5.75 Å². The molecule has 0 radical (unpaired) electrons. The van der Waals surface area contributed by atoms with E-state index in [0.717, 1.165) is 0 Å². The van der Waals surface area contributed by atoms with Gasteiger partial charge in [0.2, 0.25) is 0 Å². The van der Waals surface area contributed by atoms with Crippen molar-refractivity contribution in [2.24, 2.45) is 0 Å². The summed E-state index contributed by atoms with van der Waals surface area (Å²) in [4.78, 5) is 0. The molecule has 0 fully saturated rings. The Balaban J connectivity index is 3.09. The van der Waals surface area contributed by atoms with E-state index in [1.54, 1.807) is 13.0 Å². The van der Waals surface area contributed by atoms with Crippen LogP contribution in [-0.2, 0) is 0 Å². The van der Waals surface area contributed by atoms with Gasteiger partial charge in [-0.15, -0.1) is 13.2 Å². The maximum atomic E-state index is 11.9. The maximum absolute atomic E-state index is 11.9. The Labute approximate surface area is 87.0 Å². The fourth-order valence-corrected chi connectivity index (χ4v) is 1.49. The molecule has 0 saturated carbocycles. The number of hydrogen-bond donors (Lipinski definition) is 1. The quantitative estimate of drug-likeness (QED) is 0.795. The van der Waals surface area contributed by atoms with Gasteiger partial charge >= 0.3 is 6.36 Å². The first kappa shape index (κ1) is 11.2. The summed E-state index contributed by atoms with van der Waals surface area (Å²) in [6.45, 7) is 1.65. The van der Waals surface area contributed by atoms with Crippen LogP contribution in [0.2, 0.25) is 0 Å². The second kappa shape index (κ2) is 3.68. The molecule has 2 N–H and O–H groups in total. The van der Waals surface area contributed by atoms with E-state index in [1.165, 1.54) is 6.07 Å². The molecular weight excluding hydrogens is 263 g/mol. The van der Waals surface area contributed by atoms with E-state index in [9.17, 15) is 13.2 Å². The van der Waals surface area contributed by atoms with E-state index in [1.807, 2.05) is 0 Å². The fourth-order valence-electron chi connectivity index (χ4n) is 0.931. The lowest BCUT2D eigenvalue weighted by Gasteiger charge is -2.12. The van der Waals surface area contributed by atoms with E-state index < -0.39 is 6.36 Å². The predicted octanol–water partition coefficient (Wildman–Crippen LogP) is 3.24. The Morgan fingerprint density at radius 2 is 1.93 bits per heavy atom. The van der Waals surface area contributed by atoms with Crippen molar-refractivity contribution >= 4 is 21.6 Å². The number of anilines is 1. The Morgan fingerprint density at radius 3 is 2.43 bits per heavy atom. The Bertz CT molecular complexity index is 351. The highest BCUT2D eigenvalue weighted by Gasteiger charge is 2.32. The van der Waals surface area contributed by atoms with E-state index in [0.29, 0.717) is 10.0 Å². The summed E-state index contributed by atoms with van der Waals surface area (Å²) in [5, 5.41) is 0. The second-order valence-corrected chi connectivity index (χ2v) is 3.56. The second-order valence-electron chi connectivity index (χ2n) is 2.71. The van der Waals surface area contributed by atoms with Crippen LogP contribution in [0.3, 0.4) is 0 Å². The van der Waals surface area contributed by atoms with E-state index in [2.05, 4.69) is 20.7 Å². The average molecular weight is 270 g/mol. The summed E-state index contributed by atoms with van der Waals surface area (Å²) in [6.07, 6.45) is -4.72. The Kier molecular flexibility index (Phi) is 2.94. The first-order valence-corrected chi connectivity index (χ1v) is 4.40. The summed E-state index contributed by atoms with van der Waals surface area (Å²) in [6, 6.07) is 2.84. The van der Waals surface area contributed by atoms with Crippen molar-refractivity contribution in [2.75, 3.05) is 5.73 Å². The third-order valence-electron chi connectivity index (χ3n) is 1.46. The minimum absolute atomic E-state index is 0.0621. The fraction of sp³-hybridized carbons (Fsp3) is 0.250. The van der Waals surface area contributed by atoms with Crippen LogP contribution in [-0.4, -0.2) is 6.36 Å². The zero-order valence-electron chi connectivity index (χ0n) is 7.15. The molecule has 0 atom stereocenters. The molecule has 1 aromatic carbocycles. The van der Waals surface area contributed by atoms with Gasteiger partial charge < -0.3 is 10.5 Å². The number of ether oxygens (including phenoxy) is 1. The van der Waals surface area contributed by atoms with Crippen LogP contribution in [0, 0.1) is 6.92 Å². The standard InChI is InChI=1S/C8H7BrF3NO/c1-4-2-5(9)7(13)6(3-4)14-8(10,11)12/h2-3H,13H2,1H3. The zero-order valence-corrected chi connectivity index (χ0v) is 8.74. The smallest absolute Gasteiger partial charge is 0.404 e. The number of benzene rings is 1. The van der Waals surface area contributed by atoms with Crippen LogP contribution in [0.5, 0.6) is 5.75 Å². The van der Waals surface area contributed by atoms with Crippen molar-refractivity contribution in [2.45, 2.75) is 13.3 Å². The molecule has 0 unspecified atom stereocenters. The first-order valence-electron chi connectivity index (χ1n) is 3.61. The SMILES string of the molecule is Cc1cc(Br)c(N)c(OC(F)(F)F)c1. The van der Waals surface area contributed by atoms with E-state index in [-0.39, 0.29) is 11.4 Å². The van der Waals surface area contributed by atoms with E-state index in [4.69, 9.17) is 5.73 Å². The highest BCUT2D eigenvalue weighted by Crippen LogP contribution is 2.34. The molecule has 0 heterocycles. The summed E-state index contributed by atoms with van der Waals surface area (Å²) in [5.41, 5.74) is 5.95. The van der Waals surface area contributed by atoms with Crippen molar-refractivity contribution in [3.63, 3.8) is 0 Å². The molecule has 0 aromatic heterocycles. The summed E-state index contributed by atoms with van der Waals surface area (Å²) in [7, 11) is 0. The molecule has 0 amide bonds. The van der Waals surface area contributed by atoms with Crippen LogP contribution in [0.1, 0.15) is 5.56 Å². The van der Waals surface area contributed by atoms with Crippen molar-refractivity contribution in [1.29, 1.82) is 0 Å². The lowest BCUT2D eigenvalue weighted by molar-refractivity contribution is -0.274. The van der Waals surface area contributed by atoms with Gasteiger partial charge in [0.1, 0.15) is 0 Å². The molecule has 6 heteroatoms. The number of alkyl halides is 3. The molecule has 78 valence electrons. The highest BCUT2D eigenvalue weighted by atomic mass is 79.9. The third kappa shape index (κ3) is 2.80. The van der Waals surface area contributed by atoms with Gasteiger partial charge in [0.05, 0.1) is 5.69 Å². The maximum Gasteiger partial charge on any atom is 0.573 e. The summed E-state index contributed by atoms with van der Waals surface area (Å²) in [5.74, 6) is -0.385. The van der Waals surface area contributed by atoms with Crippen LogP contribution in [0.15, 0.2) is 16.6 Å². The highest BCUT2D eigenvalue weighted by molar-refractivity contribution is 9.10. The van der Waals surface area contributed by atoms with Crippen molar-refractivity contribution in [3.8, 4) is 5.75 Å². The lowest BCUT2D eigenvalue weighted by atomic mass is 10.2. The molecule has 0 saturated heterocycles. The number of nitrogens with two attached hydrogens (primary N) is 1. The van der Waals surface area contributed by atoms with Crippen molar-refractivity contribution in [1.82, 2.24) is 0 Å². The number of aryl methyl sites for hydroxylation is 1. The normalized spacial score (nSPS) is 11.5. The van der Waals surface area contributed by atoms with Crippen LogP contribution < -0.4 is 10.5 Å². The minimum Gasteiger partial charge on any atom is -0.404 e. The van der Waals surface area contributed by atoms with Gasteiger partial charge in [-0.3, -0.25) is 0 Å². The molecule has 2 nitrogen and oxygen atoms in total. The molecule has 14 heavy (non-hydrogen) atoms. The molecular formula is C8H7BrF3NO. The van der Waals surface area contributed by atoms with Crippen LogP contribution in [0.4, 0.5) is 18.9 Å². The molecule has 0 bridgehead atoms. The Morgan fingerprint density at radius 1 is 1.36 bits per heavy atom. The minimum atomic E-state index is -4.72. The lowest BCUT2D eigenvalue weighted by Crippen LogP contribution is -2.18. The molecule has 1 rings (SSSR count). The molecule has 1 aromatic rings. The first-order chi connectivity index (χ1) is 6.29. The zero-order chi connectivity index (χ0) is 10.9. The van der Waals surface area contributed by atoms with Crippen molar-refractivity contribution < 1.29 is 17.9 Å². The Hall–Kier alpha value is -0.910. The summed E-state index contributed by atoms with van der Waals surface area (Å²) >= 11 is 3.03. The number of hydrogen-bond acceptors (Lipinski definition) is 2. The average Bonchev–Trinajstić information content (AvgIpc) is 1.96. The largest absolute Gasteiger partial charge is 0.573 e. The molecule has 0 aliphatic rings. The monoisotopic (exact) mass is 269 g/mol. The van der Waals surface area contributed by atoms with Gasteiger partial charge in [0.25, 0.3) is 0 Å². The summed E-state index contributed by atoms with van der Waals surface area (Å²) < 4.78 is 39.8. The molecule has 0 spiro atoms.